The van der Waals surface area contributed by atoms with Gasteiger partial charge in [-0.1, -0.05) is 49.6 Å². The molecule has 16 bridgehead atoms. The summed E-state index contributed by atoms with van der Waals surface area (Å²) in [5.41, 5.74) is 19.0. The number of esters is 6. The summed E-state index contributed by atoms with van der Waals surface area (Å²) in [7, 11) is 7.85. The first-order chi connectivity index (χ1) is 50.5. The fourth-order valence-electron chi connectivity index (χ4n) is 15.7. The normalized spacial score (nSPS) is 18.5. The van der Waals surface area contributed by atoms with E-state index in [1.165, 1.54) is 42.7 Å². The van der Waals surface area contributed by atoms with Gasteiger partial charge in [-0.25, -0.2) is 9.59 Å². The molecule has 24 heteroatoms. The minimum absolute atomic E-state index is 0.0595. The molecule has 0 saturated carbocycles. The minimum atomic E-state index is -1.11. The van der Waals surface area contributed by atoms with E-state index in [2.05, 4.69) is 53.7 Å². The molecule has 12 rings (SSSR count). The lowest BCUT2D eigenvalue weighted by atomic mass is 9.64. The van der Waals surface area contributed by atoms with Gasteiger partial charge in [-0.15, -0.1) is 0 Å². The van der Waals surface area contributed by atoms with Crippen LogP contribution in [0.15, 0.2) is 82.5 Å². The molecule has 6 aromatic heterocycles. The standard InChI is InChI=1S/2C41H44N4O8/c1-9-23-20(2)29-17-34-27-13-10-26(39(49)52-7)38(40(50)53-8)41(27,5)35(45-34)19-30-22(4)24(11-14-36(46)47)32(44-30)18-33-25(12-15-37(48)51-6)21(3)28(43-33)16-31(23)42-29;1-9-23-20(2)29-17-34-27-13-10-26(39(49)52-7)38(40(50)53-8)41(27,5)35(45-34)19-30-22(4)25(12-15-37(48)51-6)33(44-30)18-32-24(11-14-36(46)47)21(3)28(43-32)16-31(23)42-29/h2*9-10,13,16-19,38,42-45H,1,11-12,14-15H2,2-8H3,(H,46,47)/t2*38-,41+/m11/s1. The molecule has 0 aromatic carbocycles. The van der Waals surface area contributed by atoms with Crippen molar-refractivity contribution >= 4 is 109 Å². The smallest absolute Gasteiger partial charge is 0.334 e. The van der Waals surface area contributed by atoms with Crippen LogP contribution in [-0.4, -0.2) is 131 Å². The number of aromatic nitrogens is 6. The fraction of sp³-hybridized carbons (Fsp3) is 0.317. The van der Waals surface area contributed by atoms with Crippen molar-refractivity contribution < 1.29 is 77.0 Å². The SMILES string of the molecule is C=Cc1c2[nH]c(c1C)C=C1NC(=Cc3[nH]c(c(CCC(=O)O)c3C)C=c3[nH]c(c(C)c3CCC(=O)OC)=C2)[C@]2(C)C1=CC=C(C(=O)OC)[C@@H]2C(=O)OC.C=Cc1c2[nH]c(c1C)C=C1NC(=Cc3[nH]c(c(CCC(=O)OC)c3C)C=c3[nH]c(c(C)c3CCC(=O)O)=C2)[C@]2(C)C1=CC=C(C(=O)OC)[C@@H]2C(=O)OC. The Labute approximate surface area is 611 Å². The van der Waals surface area contributed by atoms with Crippen molar-refractivity contribution in [2.45, 2.75) is 107 Å². The average molecular weight is 1440 g/mol. The third-order valence-corrected chi connectivity index (χ3v) is 21.8. The molecule has 0 spiro atoms. The van der Waals surface area contributed by atoms with Gasteiger partial charge in [0.15, 0.2) is 0 Å². The predicted octanol–water partition coefficient (Wildman–Crippen LogP) is 8.31. The molecule has 24 nitrogen and oxygen atoms in total. The van der Waals surface area contributed by atoms with E-state index in [0.717, 1.165) is 128 Å². The van der Waals surface area contributed by atoms with E-state index in [4.69, 9.17) is 28.4 Å². The first-order valence-electron chi connectivity index (χ1n) is 34.6. The lowest BCUT2D eigenvalue weighted by molar-refractivity contribution is -0.150. The third-order valence-electron chi connectivity index (χ3n) is 21.8. The zero-order valence-corrected chi connectivity index (χ0v) is 61.9. The summed E-state index contributed by atoms with van der Waals surface area (Å²) in [6.07, 6.45) is 27.7. The van der Waals surface area contributed by atoms with Crippen LogP contribution in [0.1, 0.15) is 152 Å². The van der Waals surface area contributed by atoms with Gasteiger partial charge in [-0.05, 0) is 196 Å². The zero-order valence-electron chi connectivity index (χ0n) is 61.9. The molecule has 10 N–H and O–H groups in total. The number of H-pyrrole nitrogens is 6. The Hall–Kier alpha value is -12.1. The summed E-state index contributed by atoms with van der Waals surface area (Å²) < 4.78 is 30.8. The van der Waals surface area contributed by atoms with Crippen LogP contribution < -0.4 is 32.0 Å². The molecule has 0 radical (unpaired) electrons. The molecule has 106 heavy (non-hydrogen) atoms. The van der Waals surface area contributed by atoms with Gasteiger partial charge in [0.1, 0.15) is 11.8 Å². The second kappa shape index (κ2) is 29.9. The Kier molecular flexibility index (Phi) is 21.2. The maximum atomic E-state index is 13.7. The lowest BCUT2D eigenvalue weighted by Crippen LogP contribution is -2.40. The quantitative estimate of drug-likeness (QED) is 0.0285. The predicted molar refractivity (Wildman–Crippen MR) is 400 cm³/mol. The minimum Gasteiger partial charge on any atom is -0.481 e. The number of carboxylic acids is 2. The number of carbonyl (C=O) groups is 8. The van der Waals surface area contributed by atoms with Crippen LogP contribution in [0, 0.1) is 64.2 Å². The average Bonchev–Trinajstić information content (AvgIpc) is 1.55. The summed E-state index contributed by atoms with van der Waals surface area (Å²) in [6, 6.07) is 0. The van der Waals surface area contributed by atoms with Gasteiger partial charge in [-0.2, -0.15) is 0 Å². The van der Waals surface area contributed by atoms with Crippen molar-refractivity contribution in [3.63, 3.8) is 0 Å². The topological polar surface area (TPSA) is 351 Å². The summed E-state index contributed by atoms with van der Waals surface area (Å²) in [6.45, 7) is 23.8. The van der Waals surface area contributed by atoms with Gasteiger partial charge in [-0.3, -0.25) is 28.8 Å². The monoisotopic (exact) mass is 1440 g/mol. The van der Waals surface area contributed by atoms with E-state index in [0.29, 0.717) is 59.1 Å². The highest BCUT2D eigenvalue weighted by Crippen LogP contribution is 2.57. The molecule has 0 amide bonds. The van der Waals surface area contributed by atoms with Crippen molar-refractivity contribution in [2.24, 2.45) is 22.7 Å². The van der Waals surface area contributed by atoms with Crippen molar-refractivity contribution in [1.29, 1.82) is 0 Å². The lowest BCUT2D eigenvalue weighted by Gasteiger charge is -2.36. The zero-order chi connectivity index (χ0) is 76.7. The van der Waals surface area contributed by atoms with Gasteiger partial charge in [0.25, 0.3) is 0 Å². The Morgan fingerprint density at radius 2 is 0.736 bits per heavy atom. The highest BCUT2D eigenvalue weighted by atomic mass is 16.5. The van der Waals surface area contributed by atoms with E-state index in [1.54, 1.807) is 24.3 Å². The Morgan fingerprint density at radius 3 is 1.08 bits per heavy atom. The number of fused-ring (bicyclic) bond motifs is 22. The van der Waals surface area contributed by atoms with Crippen molar-refractivity contribution in [1.82, 2.24) is 40.5 Å². The Morgan fingerprint density at radius 1 is 0.396 bits per heavy atom. The largest absolute Gasteiger partial charge is 0.481 e. The molecule has 6 aliphatic rings. The second-order valence-electron chi connectivity index (χ2n) is 27.3. The van der Waals surface area contributed by atoms with E-state index < -0.39 is 58.5 Å². The van der Waals surface area contributed by atoms with Crippen LogP contribution >= 0.6 is 0 Å². The van der Waals surface area contributed by atoms with Crippen LogP contribution in [0.4, 0.5) is 0 Å². The number of carbonyl (C=O) groups excluding carboxylic acids is 6. The number of aromatic amines is 6. The van der Waals surface area contributed by atoms with Gasteiger partial charge in [0.2, 0.25) is 0 Å². The number of aliphatic carboxylic acids is 2. The number of allylic oxidation sites excluding steroid dienone is 8. The first kappa shape index (κ1) is 75.1. The number of hydrogen-bond acceptors (Lipinski definition) is 16. The molecule has 6 aromatic rings. The van der Waals surface area contributed by atoms with E-state index in [9.17, 15) is 48.6 Å². The summed E-state index contributed by atoms with van der Waals surface area (Å²) in [5, 5.41) is 29.6. The Bertz CT molecular complexity index is 5330. The third kappa shape index (κ3) is 13.4. The molecular weight excluding hydrogens is 1350 g/mol. The molecule has 552 valence electrons. The second-order valence-corrected chi connectivity index (χ2v) is 27.3. The number of ether oxygens (including phenoxy) is 6. The number of methoxy groups -OCH3 is 6. The van der Waals surface area contributed by atoms with Gasteiger partial charge >= 0.3 is 47.8 Å². The van der Waals surface area contributed by atoms with Gasteiger partial charge in [0.05, 0.1) is 64.6 Å². The molecule has 2 fully saturated rings. The fourth-order valence-corrected chi connectivity index (χ4v) is 15.7. The van der Waals surface area contributed by atoms with E-state index in [-0.39, 0.29) is 55.2 Å². The summed E-state index contributed by atoms with van der Waals surface area (Å²) in [4.78, 5) is 123. The molecule has 0 unspecified atom stereocenters. The number of rotatable bonds is 18. The molecule has 10 heterocycles. The highest BCUT2D eigenvalue weighted by Gasteiger charge is 2.57. The van der Waals surface area contributed by atoms with E-state index in [1.807, 2.05) is 116 Å². The van der Waals surface area contributed by atoms with Crippen LogP contribution in [0.25, 0.3) is 60.8 Å². The van der Waals surface area contributed by atoms with Crippen molar-refractivity contribution in [3.05, 3.63) is 216 Å². The van der Waals surface area contributed by atoms with Gasteiger partial charge in [0, 0.05) is 127 Å². The van der Waals surface area contributed by atoms with E-state index >= 15 is 0 Å². The molecule has 4 aliphatic heterocycles. The number of nitrogens with one attached hydrogen (secondary N) is 8. The summed E-state index contributed by atoms with van der Waals surface area (Å²) in [5.74, 6) is -7.13. The van der Waals surface area contributed by atoms with Crippen LogP contribution in [-0.2, 0) is 92.5 Å². The molecule has 2 saturated heterocycles. The van der Waals surface area contributed by atoms with Gasteiger partial charge < -0.3 is 79.2 Å². The molecular formula is C82H88N8O16. The van der Waals surface area contributed by atoms with Crippen molar-refractivity contribution in [3.8, 4) is 0 Å². The van der Waals surface area contributed by atoms with Crippen LogP contribution in [0.5, 0.6) is 0 Å². The highest BCUT2D eigenvalue weighted by molar-refractivity contribution is 6.00. The number of hydrogen-bond donors (Lipinski definition) is 10. The molecule has 2 aliphatic carbocycles. The summed E-state index contributed by atoms with van der Waals surface area (Å²) >= 11 is 0. The van der Waals surface area contributed by atoms with Crippen molar-refractivity contribution in [2.75, 3.05) is 42.7 Å². The maximum Gasteiger partial charge on any atom is 0.334 e. The van der Waals surface area contributed by atoms with Crippen LogP contribution in [0.3, 0.4) is 0 Å². The first-order valence-corrected chi connectivity index (χ1v) is 34.6. The molecule has 4 atom stereocenters. The number of carboxylic acid groups (broad SMARTS) is 2. The Balaban J connectivity index is 0.000000212. The van der Waals surface area contributed by atoms with Crippen LogP contribution in [0.2, 0.25) is 0 Å². The maximum absolute atomic E-state index is 13.7.